The number of hydrogen-bond donors (Lipinski definition) is 1. The molecule has 4 atom stereocenters. The summed E-state index contributed by atoms with van der Waals surface area (Å²) < 4.78 is 0. The summed E-state index contributed by atoms with van der Waals surface area (Å²) in [6.45, 7) is 13.9. The third-order valence-corrected chi connectivity index (χ3v) is 6.79. The molecule has 0 spiro atoms. The van der Waals surface area contributed by atoms with Gasteiger partial charge in [0.1, 0.15) is 0 Å². The van der Waals surface area contributed by atoms with Gasteiger partial charge in [-0.05, 0) is 67.1 Å². The van der Waals surface area contributed by atoms with Gasteiger partial charge >= 0.3 is 5.97 Å². The van der Waals surface area contributed by atoms with Crippen molar-refractivity contribution in [2.75, 3.05) is 0 Å². The van der Waals surface area contributed by atoms with E-state index in [-0.39, 0.29) is 5.92 Å². The van der Waals surface area contributed by atoms with Crippen LogP contribution in [0.1, 0.15) is 79.1 Å². The fourth-order valence-corrected chi connectivity index (χ4v) is 5.66. The lowest BCUT2D eigenvalue weighted by Crippen LogP contribution is -2.49. The van der Waals surface area contributed by atoms with E-state index in [9.17, 15) is 4.79 Å². The summed E-state index contributed by atoms with van der Waals surface area (Å²) in [6, 6.07) is 0. The van der Waals surface area contributed by atoms with Crippen LogP contribution in [0.15, 0.2) is 12.2 Å². The second kappa shape index (κ2) is 6.37. The Morgan fingerprint density at radius 3 is 2.68 bits per heavy atom. The molecule has 2 aliphatic carbocycles. The molecule has 1 N–H and O–H groups in total. The molecule has 2 heteroatoms. The molecule has 126 valence electrons. The van der Waals surface area contributed by atoms with Crippen LogP contribution in [-0.2, 0) is 4.79 Å². The first-order valence-electron chi connectivity index (χ1n) is 9.06. The summed E-state index contributed by atoms with van der Waals surface area (Å²) in [7, 11) is 0. The molecular weight excluding hydrogens is 272 g/mol. The number of carboxylic acid groups (broad SMARTS) is 1. The predicted octanol–water partition coefficient (Wildman–Crippen LogP) is 5.68. The van der Waals surface area contributed by atoms with Gasteiger partial charge in [-0.25, -0.2) is 0 Å². The molecule has 2 aliphatic rings. The second-order valence-corrected chi connectivity index (χ2v) is 8.93. The summed E-state index contributed by atoms with van der Waals surface area (Å²) in [4.78, 5) is 10.9. The van der Waals surface area contributed by atoms with E-state index in [1.165, 1.54) is 37.7 Å². The topological polar surface area (TPSA) is 37.3 Å². The SMILES string of the molecule is C=C1CCC2C(C)(C)CCCC2(C)C1CCC(C)CC(=O)O. The van der Waals surface area contributed by atoms with Crippen LogP contribution in [0, 0.1) is 28.6 Å². The predicted molar refractivity (Wildman–Crippen MR) is 91.7 cm³/mol. The van der Waals surface area contributed by atoms with Crippen molar-refractivity contribution < 1.29 is 9.90 Å². The average molecular weight is 306 g/mol. The molecule has 2 saturated carbocycles. The Morgan fingerprint density at radius 1 is 1.36 bits per heavy atom. The third kappa shape index (κ3) is 3.41. The van der Waals surface area contributed by atoms with E-state index >= 15 is 0 Å². The highest BCUT2D eigenvalue weighted by molar-refractivity contribution is 5.66. The van der Waals surface area contributed by atoms with E-state index in [4.69, 9.17) is 5.11 Å². The Kier molecular flexibility index (Phi) is 5.09. The number of carboxylic acids is 1. The minimum atomic E-state index is -0.669. The highest BCUT2D eigenvalue weighted by atomic mass is 16.4. The van der Waals surface area contributed by atoms with Gasteiger partial charge in [0.05, 0.1) is 0 Å². The summed E-state index contributed by atoms with van der Waals surface area (Å²) in [5.74, 6) is 0.977. The molecule has 0 saturated heterocycles. The van der Waals surface area contributed by atoms with Gasteiger partial charge in [0, 0.05) is 6.42 Å². The van der Waals surface area contributed by atoms with Gasteiger partial charge in [-0.15, -0.1) is 0 Å². The summed E-state index contributed by atoms with van der Waals surface area (Å²) in [5.41, 5.74) is 2.25. The van der Waals surface area contributed by atoms with Crippen LogP contribution in [0.25, 0.3) is 0 Å². The zero-order valence-electron chi connectivity index (χ0n) is 15.0. The lowest BCUT2D eigenvalue weighted by atomic mass is 9.47. The van der Waals surface area contributed by atoms with Gasteiger partial charge in [-0.3, -0.25) is 4.79 Å². The van der Waals surface area contributed by atoms with E-state index in [2.05, 4.69) is 34.3 Å². The summed E-state index contributed by atoms with van der Waals surface area (Å²) in [5, 5.41) is 8.96. The highest BCUT2D eigenvalue weighted by Crippen LogP contribution is 2.61. The van der Waals surface area contributed by atoms with Crippen molar-refractivity contribution in [2.45, 2.75) is 79.1 Å². The number of allylic oxidation sites excluding steroid dienone is 1. The molecule has 0 radical (unpaired) electrons. The van der Waals surface area contributed by atoms with Gasteiger partial charge in [-0.2, -0.15) is 0 Å². The minimum absolute atomic E-state index is 0.269. The molecule has 0 aliphatic heterocycles. The Labute approximate surface area is 136 Å². The van der Waals surface area contributed by atoms with Gasteiger partial charge < -0.3 is 5.11 Å². The molecular formula is C20H34O2. The number of aliphatic carboxylic acids is 1. The zero-order valence-corrected chi connectivity index (χ0v) is 15.0. The van der Waals surface area contributed by atoms with Crippen LogP contribution in [0.3, 0.4) is 0 Å². The van der Waals surface area contributed by atoms with Crippen LogP contribution in [0.4, 0.5) is 0 Å². The molecule has 2 fully saturated rings. The molecule has 22 heavy (non-hydrogen) atoms. The maximum atomic E-state index is 10.9. The van der Waals surface area contributed by atoms with Crippen LogP contribution >= 0.6 is 0 Å². The molecule has 4 unspecified atom stereocenters. The van der Waals surface area contributed by atoms with Crippen LogP contribution in [0.5, 0.6) is 0 Å². The van der Waals surface area contributed by atoms with Crippen molar-refractivity contribution in [2.24, 2.45) is 28.6 Å². The first-order valence-corrected chi connectivity index (χ1v) is 9.06. The van der Waals surface area contributed by atoms with E-state index in [1.54, 1.807) is 0 Å². The lowest BCUT2D eigenvalue weighted by molar-refractivity contribution is -0.138. The molecule has 2 rings (SSSR count). The number of carbonyl (C=O) groups is 1. The van der Waals surface area contributed by atoms with Crippen molar-refractivity contribution in [3.63, 3.8) is 0 Å². The van der Waals surface area contributed by atoms with E-state index < -0.39 is 5.97 Å². The number of rotatable bonds is 5. The summed E-state index contributed by atoms with van der Waals surface area (Å²) in [6.07, 6.45) is 8.89. The van der Waals surface area contributed by atoms with Gasteiger partial charge in [0.25, 0.3) is 0 Å². The quantitative estimate of drug-likeness (QED) is 0.664. The van der Waals surface area contributed by atoms with Gasteiger partial charge in [0.15, 0.2) is 0 Å². The fourth-order valence-electron chi connectivity index (χ4n) is 5.66. The van der Waals surface area contributed by atoms with E-state index in [1.807, 2.05) is 0 Å². The van der Waals surface area contributed by atoms with Crippen molar-refractivity contribution in [1.82, 2.24) is 0 Å². The lowest BCUT2D eigenvalue weighted by Gasteiger charge is -2.58. The van der Waals surface area contributed by atoms with Gasteiger partial charge in [0.2, 0.25) is 0 Å². The van der Waals surface area contributed by atoms with E-state index in [0.717, 1.165) is 18.8 Å². The monoisotopic (exact) mass is 306 g/mol. The molecule has 0 aromatic heterocycles. The van der Waals surface area contributed by atoms with E-state index in [0.29, 0.717) is 23.2 Å². The van der Waals surface area contributed by atoms with Crippen LogP contribution in [0.2, 0.25) is 0 Å². The first kappa shape index (κ1) is 17.6. The van der Waals surface area contributed by atoms with Crippen LogP contribution < -0.4 is 0 Å². The van der Waals surface area contributed by atoms with Crippen molar-refractivity contribution in [3.8, 4) is 0 Å². The number of hydrogen-bond acceptors (Lipinski definition) is 1. The Balaban J connectivity index is 2.10. The van der Waals surface area contributed by atoms with Crippen molar-refractivity contribution >= 4 is 5.97 Å². The first-order chi connectivity index (χ1) is 10.2. The average Bonchev–Trinajstić information content (AvgIpc) is 2.35. The molecule has 0 aromatic carbocycles. The smallest absolute Gasteiger partial charge is 0.303 e. The molecule has 0 bridgehead atoms. The maximum absolute atomic E-state index is 10.9. The van der Waals surface area contributed by atoms with Crippen molar-refractivity contribution in [3.05, 3.63) is 12.2 Å². The Morgan fingerprint density at radius 2 is 2.05 bits per heavy atom. The summed E-state index contributed by atoms with van der Waals surface area (Å²) >= 11 is 0. The Bertz CT molecular complexity index is 437. The molecule has 2 nitrogen and oxygen atoms in total. The van der Waals surface area contributed by atoms with Gasteiger partial charge in [-0.1, -0.05) is 46.3 Å². The van der Waals surface area contributed by atoms with Crippen molar-refractivity contribution in [1.29, 1.82) is 0 Å². The standard InChI is InChI=1S/C20H34O2/c1-14(13-18(21)22)7-9-16-15(2)8-10-17-19(3,4)11-6-12-20(16,17)5/h14,16-17H,2,6-13H2,1,3-5H3,(H,21,22). The molecule has 0 heterocycles. The molecule has 0 aromatic rings. The third-order valence-electron chi connectivity index (χ3n) is 6.79. The highest BCUT2D eigenvalue weighted by Gasteiger charge is 2.52. The van der Waals surface area contributed by atoms with Crippen LogP contribution in [-0.4, -0.2) is 11.1 Å². The maximum Gasteiger partial charge on any atom is 0.303 e. The second-order valence-electron chi connectivity index (χ2n) is 8.93. The largest absolute Gasteiger partial charge is 0.481 e. The molecule has 0 amide bonds. The number of fused-ring (bicyclic) bond motifs is 1. The fraction of sp³-hybridized carbons (Fsp3) is 0.850. The normalized spacial score (nSPS) is 35.7. The minimum Gasteiger partial charge on any atom is -0.481 e. The zero-order chi connectivity index (χ0) is 16.5. The Hall–Kier alpha value is -0.790.